The van der Waals surface area contributed by atoms with Crippen molar-refractivity contribution in [2.45, 2.75) is 6.54 Å². The van der Waals surface area contributed by atoms with Gasteiger partial charge in [0.25, 0.3) is 0 Å². The lowest BCUT2D eigenvalue weighted by atomic mass is 10.2. The molecule has 0 bridgehead atoms. The SMILES string of the molecule is C=CCN(CC(=O)O)CC(=O)NCc1cccc(OC)c1. The molecule has 0 atom stereocenters. The van der Waals surface area contributed by atoms with E-state index in [9.17, 15) is 9.59 Å². The molecule has 0 aliphatic carbocycles. The van der Waals surface area contributed by atoms with Gasteiger partial charge >= 0.3 is 5.97 Å². The maximum atomic E-state index is 11.8. The minimum atomic E-state index is -0.975. The predicted octanol–water partition coefficient (Wildman–Crippen LogP) is 0.884. The predicted molar refractivity (Wildman–Crippen MR) is 79.1 cm³/mol. The summed E-state index contributed by atoms with van der Waals surface area (Å²) >= 11 is 0. The molecule has 0 radical (unpaired) electrons. The molecule has 0 saturated carbocycles. The van der Waals surface area contributed by atoms with Gasteiger partial charge in [0.1, 0.15) is 5.75 Å². The Labute approximate surface area is 124 Å². The quantitative estimate of drug-likeness (QED) is 0.661. The van der Waals surface area contributed by atoms with E-state index in [2.05, 4.69) is 11.9 Å². The largest absolute Gasteiger partial charge is 0.497 e. The number of nitrogens with zero attached hydrogens (tertiary/aromatic N) is 1. The topological polar surface area (TPSA) is 78.9 Å². The van der Waals surface area contributed by atoms with Crippen LogP contribution in [0.15, 0.2) is 36.9 Å². The molecule has 0 saturated heterocycles. The summed E-state index contributed by atoms with van der Waals surface area (Å²) in [5.74, 6) is -0.487. The van der Waals surface area contributed by atoms with E-state index in [4.69, 9.17) is 9.84 Å². The lowest BCUT2D eigenvalue weighted by Crippen LogP contribution is -2.39. The molecule has 21 heavy (non-hydrogen) atoms. The minimum absolute atomic E-state index is 0.0162. The number of hydrogen-bond donors (Lipinski definition) is 2. The first-order valence-electron chi connectivity index (χ1n) is 6.49. The van der Waals surface area contributed by atoms with Crippen LogP contribution in [0.1, 0.15) is 5.56 Å². The average molecular weight is 292 g/mol. The van der Waals surface area contributed by atoms with Crippen LogP contribution in [0, 0.1) is 0 Å². The Morgan fingerprint density at radius 1 is 1.43 bits per heavy atom. The van der Waals surface area contributed by atoms with Gasteiger partial charge in [0.05, 0.1) is 20.2 Å². The molecule has 0 heterocycles. The number of carbonyl (C=O) groups excluding carboxylic acids is 1. The summed E-state index contributed by atoms with van der Waals surface area (Å²) in [5.41, 5.74) is 0.913. The average Bonchev–Trinajstić information content (AvgIpc) is 2.45. The van der Waals surface area contributed by atoms with Crippen molar-refractivity contribution in [2.75, 3.05) is 26.7 Å². The Hall–Kier alpha value is -2.34. The summed E-state index contributed by atoms with van der Waals surface area (Å²) in [6, 6.07) is 7.37. The molecule has 2 N–H and O–H groups in total. The molecule has 0 fully saturated rings. The highest BCUT2D eigenvalue weighted by Crippen LogP contribution is 2.12. The number of rotatable bonds is 9. The van der Waals surface area contributed by atoms with Gasteiger partial charge in [-0.3, -0.25) is 14.5 Å². The molecule has 0 aromatic heterocycles. The first-order valence-corrected chi connectivity index (χ1v) is 6.49. The standard InChI is InChI=1S/C15H20N2O4/c1-3-7-17(11-15(19)20)10-14(18)16-9-12-5-4-6-13(8-12)21-2/h3-6,8H,1,7,9-11H2,2H3,(H,16,18)(H,19,20). The summed E-state index contributed by atoms with van der Waals surface area (Å²) in [4.78, 5) is 24.0. The zero-order valence-corrected chi connectivity index (χ0v) is 12.0. The second-order valence-corrected chi connectivity index (χ2v) is 4.48. The van der Waals surface area contributed by atoms with Crippen molar-refractivity contribution in [2.24, 2.45) is 0 Å². The van der Waals surface area contributed by atoms with E-state index >= 15 is 0 Å². The first kappa shape index (κ1) is 16.7. The molecule has 1 aromatic carbocycles. The highest BCUT2D eigenvalue weighted by Gasteiger charge is 2.12. The number of nitrogens with one attached hydrogen (secondary N) is 1. The number of carboxylic acids is 1. The van der Waals surface area contributed by atoms with Gasteiger partial charge in [-0.1, -0.05) is 18.2 Å². The fraction of sp³-hybridized carbons (Fsp3) is 0.333. The lowest BCUT2D eigenvalue weighted by Gasteiger charge is -2.17. The van der Waals surface area contributed by atoms with Gasteiger partial charge in [-0.15, -0.1) is 6.58 Å². The van der Waals surface area contributed by atoms with Crippen LogP contribution in [0.3, 0.4) is 0 Å². The van der Waals surface area contributed by atoms with Crippen LogP contribution in [0.5, 0.6) is 5.75 Å². The molecular formula is C15H20N2O4. The van der Waals surface area contributed by atoms with Gasteiger partial charge in [-0.2, -0.15) is 0 Å². The smallest absolute Gasteiger partial charge is 0.317 e. The van der Waals surface area contributed by atoms with Crippen molar-refractivity contribution in [3.05, 3.63) is 42.5 Å². The van der Waals surface area contributed by atoms with Crippen molar-refractivity contribution in [1.82, 2.24) is 10.2 Å². The number of hydrogen-bond acceptors (Lipinski definition) is 4. The Morgan fingerprint density at radius 2 is 2.19 bits per heavy atom. The maximum Gasteiger partial charge on any atom is 0.317 e. The summed E-state index contributed by atoms with van der Waals surface area (Å²) in [5, 5.41) is 11.5. The monoisotopic (exact) mass is 292 g/mol. The normalized spacial score (nSPS) is 10.2. The fourth-order valence-electron chi connectivity index (χ4n) is 1.80. The lowest BCUT2D eigenvalue weighted by molar-refractivity contribution is -0.138. The van der Waals surface area contributed by atoms with E-state index in [0.29, 0.717) is 13.1 Å². The second-order valence-electron chi connectivity index (χ2n) is 4.48. The van der Waals surface area contributed by atoms with Crippen molar-refractivity contribution >= 4 is 11.9 Å². The Kier molecular flexibility index (Phi) is 6.97. The Morgan fingerprint density at radius 3 is 2.81 bits per heavy atom. The van der Waals surface area contributed by atoms with Crippen molar-refractivity contribution < 1.29 is 19.4 Å². The molecule has 0 aliphatic rings. The fourth-order valence-corrected chi connectivity index (χ4v) is 1.80. The summed E-state index contributed by atoms with van der Waals surface area (Å²) in [6.45, 7) is 4.08. The van der Waals surface area contributed by atoms with E-state index in [1.165, 1.54) is 4.90 Å². The molecule has 0 unspecified atom stereocenters. The molecular weight excluding hydrogens is 272 g/mol. The van der Waals surface area contributed by atoms with Gasteiger partial charge in [-0.25, -0.2) is 0 Å². The summed E-state index contributed by atoms with van der Waals surface area (Å²) in [7, 11) is 1.58. The summed E-state index contributed by atoms with van der Waals surface area (Å²) in [6.07, 6.45) is 1.57. The van der Waals surface area contributed by atoms with E-state index < -0.39 is 5.97 Å². The zero-order valence-electron chi connectivity index (χ0n) is 12.0. The third-order valence-electron chi connectivity index (χ3n) is 2.74. The molecule has 114 valence electrons. The molecule has 0 spiro atoms. The van der Waals surface area contributed by atoms with Gasteiger partial charge in [0.15, 0.2) is 0 Å². The van der Waals surface area contributed by atoms with Crippen LogP contribution in [0.25, 0.3) is 0 Å². The van der Waals surface area contributed by atoms with Crippen molar-refractivity contribution in [1.29, 1.82) is 0 Å². The van der Waals surface area contributed by atoms with E-state index in [-0.39, 0.29) is 19.0 Å². The zero-order chi connectivity index (χ0) is 15.7. The Balaban J connectivity index is 2.47. The van der Waals surface area contributed by atoms with Crippen LogP contribution >= 0.6 is 0 Å². The van der Waals surface area contributed by atoms with Gasteiger partial charge in [0.2, 0.25) is 5.91 Å². The molecule has 1 rings (SSSR count). The molecule has 1 amide bonds. The van der Waals surface area contributed by atoms with Crippen LogP contribution < -0.4 is 10.1 Å². The highest BCUT2D eigenvalue weighted by atomic mass is 16.5. The van der Waals surface area contributed by atoms with Crippen molar-refractivity contribution in [3.8, 4) is 5.75 Å². The number of ether oxygens (including phenoxy) is 1. The Bertz CT molecular complexity index is 502. The highest BCUT2D eigenvalue weighted by molar-refractivity contribution is 5.79. The van der Waals surface area contributed by atoms with E-state index in [1.807, 2.05) is 24.3 Å². The van der Waals surface area contributed by atoms with Crippen molar-refractivity contribution in [3.63, 3.8) is 0 Å². The third-order valence-corrected chi connectivity index (χ3v) is 2.74. The molecule has 6 nitrogen and oxygen atoms in total. The van der Waals surface area contributed by atoms with E-state index in [0.717, 1.165) is 11.3 Å². The van der Waals surface area contributed by atoms with Crippen LogP contribution in [0.2, 0.25) is 0 Å². The van der Waals surface area contributed by atoms with Gasteiger partial charge in [0, 0.05) is 13.1 Å². The number of carboxylic acid groups (broad SMARTS) is 1. The molecule has 0 aliphatic heterocycles. The number of methoxy groups -OCH3 is 1. The molecule has 1 aromatic rings. The number of aliphatic carboxylic acids is 1. The summed E-state index contributed by atoms with van der Waals surface area (Å²) < 4.78 is 5.10. The van der Waals surface area contributed by atoms with Gasteiger partial charge in [-0.05, 0) is 17.7 Å². The number of benzene rings is 1. The van der Waals surface area contributed by atoms with Crippen LogP contribution in [0.4, 0.5) is 0 Å². The number of carbonyl (C=O) groups is 2. The van der Waals surface area contributed by atoms with Crippen LogP contribution in [-0.4, -0.2) is 48.6 Å². The molecule has 6 heteroatoms. The maximum absolute atomic E-state index is 11.8. The first-order chi connectivity index (χ1) is 10.0. The minimum Gasteiger partial charge on any atom is -0.497 e. The number of amides is 1. The van der Waals surface area contributed by atoms with Crippen LogP contribution in [-0.2, 0) is 16.1 Å². The second kappa shape index (κ2) is 8.76. The van der Waals surface area contributed by atoms with E-state index in [1.54, 1.807) is 13.2 Å². The third kappa shape index (κ3) is 6.58. The van der Waals surface area contributed by atoms with Gasteiger partial charge < -0.3 is 15.2 Å².